The summed E-state index contributed by atoms with van der Waals surface area (Å²) in [6.45, 7) is 8.45. The van der Waals surface area contributed by atoms with Gasteiger partial charge in [-0.3, -0.25) is 9.59 Å². The first-order chi connectivity index (χ1) is 7.86. The number of thioether (sulfide) groups is 1. The van der Waals surface area contributed by atoms with Crippen molar-refractivity contribution in [3.63, 3.8) is 0 Å². The molecule has 0 aromatic rings. The highest BCUT2D eigenvalue weighted by molar-refractivity contribution is 7.99. The van der Waals surface area contributed by atoms with Crippen LogP contribution in [0.5, 0.6) is 0 Å². The zero-order valence-electron chi connectivity index (χ0n) is 11.2. The fourth-order valence-corrected chi connectivity index (χ4v) is 2.28. The third-order valence-corrected chi connectivity index (χ3v) is 3.36. The monoisotopic (exact) mass is 258 g/mol. The van der Waals surface area contributed by atoms with Crippen LogP contribution in [0.4, 0.5) is 0 Å². The second-order valence-corrected chi connectivity index (χ2v) is 6.22. The van der Waals surface area contributed by atoms with E-state index in [9.17, 15) is 9.59 Å². The van der Waals surface area contributed by atoms with Gasteiger partial charge in [0.1, 0.15) is 0 Å². The van der Waals surface area contributed by atoms with Crippen LogP contribution in [0, 0.1) is 5.41 Å². The van der Waals surface area contributed by atoms with Gasteiger partial charge >= 0.3 is 0 Å². The molecule has 1 aliphatic heterocycles. The van der Waals surface area contributed by atoms with Gasteiger partial charge in [-0.15, -0.1) is 0 Å². The van der Waals surface area contributed by atoms with Crippen LogP contribution in [0.3, 0.4) is 0 Å². The van der Waals surface area contributed by atoms with Crippen LogP contribution >= 0.6 is 11.8 Å². The van der Waals surface area contributed by atoms with E-state index in [2.05, 4.69) is 0 Å². The lowest BCUT2D eigenvalue weighted by molar-refractivity contribution is -0.144. The van der Waals surface area contributed by atoms with Crippen molar-refractivity contribution in [3.05, 3.63) is 0 Å². The van der Waals surface area contributed by atoms with Gasteiger partial charge in [0.15, 0.2) is 0 Å². The molecule has 0 saturated carbocycles. The van der Waals surface area contributed by atoms with E-state index in [1.54, 1.807) is 11.8 Å². The van der Waals surface area contributed by atoms with E-state index < -0.39 is 0 Å². The van der Waals surface area contributed by atoms with Gasteiger partial charge in [0.2, 0.25) is 11.8 Å². The lowest BCUT2D eigenvalue weighted by Crippen LogP contribution is -2.53. The van der Waals surface area contributed by atoms with Gasteiger partial charge < -0.3 is 9.80 Å². The molecule has 0 atom stereocenters. The van der Waals surface area contributed by atoms with E-state index >= 15 is 0 Å². The summed E-state index contributed by atoms with van der Waals surface area (Å²) in [6, 6.07) is 0. The first kappa shape index (κ1) is 14.4. The molecule has 1 fully saturated rings. The van der Waals surface area contributed by atoms with Crippen molar-refractivity contribution >= 4 is 23.6 Å². The van der Waals surface area contributed by atoms with Gasteiger partial charge in [0.05, 0.1) is 5.75 Å². The minimum atomic E-state index is -0.328. The second kappa shape index (κ2) is 5.76. The summed E-state index contributed by atoms with van der Waals surface area (Å²) < 4.78 is 0. The molecule has 1 aliphatic rings. The van der Waals surface area contributed by atoms with Crippen LogP contribution < -0.4 is 0 Å². The Hall–Kier alpha value is -0.710. The molecule has 0 radical (unpaired) electrons. The zero-order valence-corrected chi connectivity index (χ0v) is 12.0. The third kappa shape index (κ3) is 3.91. The topological polar surface area (TPSA) is 40.6 Å². The van der Waals surface area contributed by atoms with Gasteiger partial charge in [-0.25, -0.2) is 0 Å². The number of hydrogen-bond acceptors (Lipinski definition) is 3. The molecule has 1 heterocycles. The molecule has 0 bridgehead atoms. The third-order valence-electron chi connectivity index (χ3n) is 2.83. The number of amides is 2. The van der Waals surface area contributed by atoms with E-state index in [-0.39, 0.29) is 17.2 Å². The summed E-state index contributed by atoms with van der Waals surface area (Å²) in [5.74, 6) is 0.891. The summed E-state index contributed by atoms with van der Waals surface area (Å²) >= 11 is 1.54. The molecular formula is C12H22N2O2S. The molecule has 1 rings (SSSR count). The second-order valence-electron chi connectivity index (χ2n) is 5.36. The van der Waals surface area contributed by atoms with Crippen LogP contribution in [0.1, 0.15) is 20.8 Å². The molecule has 0 aromatic heterocycles. The molecule has 0 aliphatic carbocycles. The van der Waals surface area contributed by atoms with Gasteiger partial charge in [-0.1, -0.05) is 20.8 Å². The van der Waals surface area contributed by atoms with Crippen molar-refractivity contribution in [3.8, 4) is 0 Å². The Morgan fingerprint density at radius 3 is 1.94 bits per heavy atom. The van der Waals surface area contributed by atoms with Crippen molar-refractivity contribution < 1.29 is 9.59 Å². The Morgan fingerprint density at radius 2 is 1.53 bits per heavy atom. The minimum Gasteiger partial charge on any atom is -0.339 e. The number of rotatable bonds is 2. The van der Waals surface area contributed by atoms with Crippen molar-refractivity contribution in [2.75, 3.05) is 38.2 Å². The van der Waals surface area contributed by atoms with E-state index in [4.69, 9.17) is 0 Å². The molecule has 0 spiro atoms. The SMILES string of the molecule is CSCC(=O)N1CCN(C(=O)C(C)(C)C)CC1. The molecule has 2 amide bonds. The molecule has 0 unspecified atom stereocenters. The van der Waals surface area contributed by atoms with E-state index in [0.29, 0.717) is 31.9 Å². The lowest BCUT2D eigenvalue weighted by atomic mass is 9.94. The lowest BCUT2D eigenvalue weighted by Gasteiger charge is -2.37. The molecule has 0 aromatic carbocycles. The standard InChI is InChI=1S/C12H22N2O2S/c1-12(2,3)11(16)14-7-5-13(6-8-14)10(15)9-17-4/h5-9H2,1-4H3. The normalized spacial score (nSPS) is 17.2. The van der Waals surface area contributed by atoms with Gasteiger partial charge in [-0.05, 0) is 6.26 Å². The van der Waals surface area contributed by atoms with Crippen LogP contribution in [-0.4, -0.2) is 59.8 Å². The van der Waals surface area contributed by atoms with Crippen molar-refractivity contribution in [2.24, 2.45) is 5.41 Å². The maximum Gasteiger partial charge on any atom is 0.232 e. The van der Waals surface area contributed by atoms with Crippen molar-refractivity contribution in [1.29, 1.82) is 0 Å². The first-order valence-corrected chi connectivity index (χ1v) is 7.31. The largest absolute Gasteiger partial charge is 0.339 e. The first-order valence-electron chi connectivity index (χ1n) is 5.92. The summed E-state index contributed by atoms with van der Waals surface area (Å²) in [7, 11) is 0. The van der Waals surface area contributed by atoms with Crippen molar-refractivity contribution in [2.45, 2.75) is 20.8 Å². The highest BCUT2D eigenvalue weighted by atomic mass is 32.2. The molecule has 98 valence electrons. The number of carbonyl (C=O) groups is 2. The van der Waals surface area contributed by atoms with Gasteiger partial charge in [0.25, 0.3) is 0 Å². The van der Waals surface area contributed by atoms with Crippen LogP contribution in [-0.2, 0) is 9.59 Å². The summed E-state index contributed by atoms with van der Waals surface area (Å²) in [6.07, 6.45) is 1.93. The average molecular weight is 258 g/mol. The molecule has 0 N–H and O–H groups in total. The van der Waals surface area contributed by atoms with Gasteiger partial charge in [0, 0.05) is 31.6 Å². The number of nitrogens with zero attached hydrogens (tertiary/aromatic N) is 2. The van der Waals surface area contributed by atoms with E-state index in [1.807, 2.05) is 36.8 Å². The minimum absolute atomic E-state index is 0.175. The Balaban J connectivity index is 2.46. The highest BCUT2D eigenvalue weighted by Gasteiger charge is 2.30. The number of carbonyl (C=O) groups excluding carboxylic acids is 2. The zero-order chi connectivity index (χ0) is 13.1. The maximum atomic E-state index is 12.0. The van der Waals surface area contributed by atoms with Crippen LogP contribution in [0.15, 0.2) is 0 Å². The van der Waals surface area contributed by atoms with Crippen LogP contribution in [0.2, 0.25) is 0 Å². The quantitative estimate of drug-likeness (QED) is 0.744. The predicted molar refractivity (Wildman–Crippen MR) is 71.0 cm³/mol. The maximum absolute atomic E-state index is 12.0. The molecule has 1 saturated heterocycles. The van der Waals surface area contributed by atoms with Crippen LogP contribution in [0.25, 0.3) is 0 Å². The molecule has 17 heavy (non-hydrogen) atoms. The number of piperazine rings is 1. The van der Waals surface area contributed by atoms with E-state index in [0.717, 1.165) is 0 Å². The summed E-state index contributed by atoms with van der Waals surface area (Å²) in [5.41, 5.74) is -0.328. The fourth-order valence-electron chi connectivity index (χ4n) is 1.85. The Bertz CT molecular complexity index is 291. The molecular weight excluding hydrogens is 236 g/mol. The highest BCUT2D eigenvalue weighted by Crippen LogP contribution is 2.18. The predicted octanol–water partition coefficient (Wildman–Crippen LogP) is 1.07. The average Bonchev–Trinajstić information content (AvgIpc) is 2.27. The Kier molecular flexibility index (Phi) is 4.86. The van der Waals surface area contributed by atoms with Gasteiger partial charge in [-0.2, -0.15) is 11.8 Å². The summed E-state index contributed by atoms with van der Waals surface area (Å²) in [5, 5.41) is 0. The van der Waals surface area contributed by atoms with E-state index in [1.165, 1.54) is 0 Å². The van der Waals surface area contributed by atoms with Crippen molar-refractivity contribution in [1.82, 2.24) is 9.80 Å². The molecule has 5 heteroatoms. The Labute approximate surface area is 108 Å². The molecule has 4 nitrogen and oxygen atoms in total. The Morgan fingerprint density at radius 1 is 1.06 bits per heavy atom. The number of hydrogen-bond donors (Lipinski definition) is 0. The fraction of sp³-hybridized carbons (Fsp3) is 0.833. The smallest absolute Gasteiger partial charge is 0.232 e. The summed E-state index contributed by atoms with van der Waals surface area (Å²) in [4.78, 5) is 27.4.